The summed E-state index contributed by atoms with van der Waals surface area (Å²) >= 11 is 0. The van der Waals surface area contributed by atoms with Crippen LogP contribution in [0.25, 0.3) is 10.8 Å². The molecule has 1 aromatic heterocycles. The Morgan fingerprint density at radius 3 is 2.79 bits per heavy atom. The number of hydrogen-bond acceptors (Lipinski definition) is 1. The molecule has 19 heavy (non-hydrogen) atoms. The molecule has 0 atom stereocenters. The molecule has 0 unspecified atom stereocenters. The lowest BCUT2D eigenvalue weighted by molar-refractivity contribution is 0.708. The van der Waals surface area contributed by atoms with Crippen molar-refractivity contribution in [1.82, 2.24) is 9.55 Å². The lowest BCUT2D eigenvalue weighted by atomic mass is 10.0. The molecule has 0 spiro atoms. The summed E-state index contributed by atoms with van der Waals surface area (Å²) in [5, 5.41) is 2.64. The van der Waals surface area contributed by atoms with E-state index in [9.17, 15) is 0 Å². The molecule has 0 saturated carbocycles. The van der Waals surface area contributed by atoms with Crippen molar-refractivity contribution in [1.29, 1.82) is 0 Å². The van der Waals surface area contributed by atoms with Gasteiger partial charge in [-0.25, -0.2) is 4.98 Å². The summed E-state index contributed by atoms with van der Waals surface area (Å²) in [4.78, 5) is 4.45. The molecule has 1 heterocycles. The smallest absolute Gasteiger partial charge is 0.108 e. The van der Waals surface area contributed by atoms with Crippen molar-refractivity contribution in [3.05, 3.63) is 66.2 Å². The molecule has 0 bridgehead atoms. The zero-order valence-corrected chi connectivity index (χ0v) is 11.2. The summed E-state index contributed by atoms with van der Waals surface area (Å²) in [7, 11) is 0. The number of nitrogens with zero attached hydrogens (tertiary/aromatic N) is 2. The minimum Gasteiger partial charge on any atom is -0.330 e. The molecule has 96 valence electrons. The number of imidazole rings is 1. The second kappa shape index (κ2) is 5.27. The molecule has 0 amide bonds. The van der Waals surface area contributed by atoms with E-state index in [0.29, 0.717) is 0 Å². The molecule has 0 aliphatic carbocycles. The highest BCUT2D eigenvalue weighted by molar-refractivity contribution is 5.85. The van der Waals surface area contributed by atoms with Crippen molar-refractivity contribution >= 4 is 10.8 Å². The lowest BCUT2D eigenvalue weighted by Crippen LogP contribution is -2.04. The van der Waals surface area contributed by atoms with Gasteiger partial charge in [-0.15, -0.1) is 0 Å². The molecule has 2 heteroatoms. The van der Waals surface area contributed by atoms with E-state index in [2.05, 4.69) is 65.1 Å². The molecule has 3 aromatic rings. The fourth-order valence-corrected chi connectivity index (χ4v) is 2.55. The van der Waals surface area contributed by atoms with Crippen molar-refractivity contribution in [2.24, 2.45) is 0 Å². The Morgan fingerprint density at radius 2 is 1.89 bits per heavy atom. The minimum atomic E-state index is 0.899. The maximum atomic E-state index is 4.45. The van der Waals surface area contributed by atoms with Gasteiger partial charge < -0.3 is 4.57 Å². The van der Waals surface area contributed by atoms with Gasteiger partial charge in [0.25, 0.3) is 0 Å². The van der Waals surface area contributed by atoms with Crippen molar-refractivity contribution < 1.29 is 0 Å². The van der Waals surface area contributed by atoms with Crippen LogP contribution in [0.2, 0.25) is 0 Å². The van der Waals surface area contributed by atoms with Crippen molar-refractivity contribution in [2.45, 2.75) is 26.3 Å². The summed E-state index contributed by atoms with van der Waals surface area (Å²) in [5.74, 6) is 1.18. The van der Waals surface area contributed by atoms with Crippen LogP contribution in [0.1, 0.15) is 24.7 Å². The van der Waals surface area contributed by atoms with Gasteiger partial charge in [0.2, 0.25) is 0 Å². The molecule has 2 nitrogen and oxygen atoms in total. The predicted octanol–water partition coefficient (Wildman–Crippen LogP) is 4.04. The monoisotopic (exact) mass is 250 g/mol. The van der Waals surface area contributed by atoms with E-state index < -0.39 is 0 Å². The first-order valence-electron chi connectivity index (χ1n) is 6.85. The quantitative estimate of drug-likeness (QED) is 0.683. The van der Waals surface area contributed by atoms with E-state index in [4.69, 9.17) is 0 Å². The SMILES string of the molecule is CCCc1nccn1Cc1cccc2ccccc12. The highest BCUT2D eigenvalue weighted by Crippen LogP contribution is 2.20. The standard InChI is InChI=1S/C17H18N2/c1-2-6-17-18-11-12-19(17)13-15-9-5-8-14-7-3-4-10-16(14)15/h3-5,7-12H,2,6,13H2,1H3. The van der Waals surface area contributed by atoms with Crippen molar-refractivity contribution in [3.8, 4) is 0 Å². The minimum absolute atomic E-state index is 0.899. The summed E-state index contributed by atoms with van der Waals surface area (Å²) in [6, 6.07) is 15.1. The number of hydrogen-bond donors (Lipinski definition) is 0. The van der Waals surface area contributed by atoms with Crippen molar-refractivity contribution in [3.63, 3.8) is 0 Å². The molecule has 0 fully saturated rings. The fraction of sp³-hybridized carbons (Fsp3) is 0.235. The Hall–Kier alpha value is -2.09. The first kappa shape index (κ1) is 12.0. The van der Waals surface area contributed by atoms with Gasteiger partial charge in [-0.2, -0.15) is 0 Å². The predicted molar refractivity (Wildman–Crippen MR) is 79.3 cm³/mol. The Bertz CT molecular complexity index is 677. The van der Waals surface area contributed by atoms with E-state index >= 15 is 0 Å². The number of fused-ring (bicyclic) bond motifs is 1. The molecule has 0 radical (unpaired) electrons. The van der Waals surface area contributed by atoms with Gasteiger partial charge in [0, 0.05) is 25.4 Å². The highest BCUT2D eigenvalue weighted by Gasteiger charge is 2.05. The van der Waals surface area contributed by atoms with Gasteiger partial charge in [-0.3, -0.25) is 0 Å². The Labute approximate surface area is 113 Å². The summed E-state index contributed by atoms with van der Waals surface area (Å²) in [5.41, 5.74) is 1.36. The van der Waals surface area contributed by atoms with E-state index in [1.807, 2.05) is 6.20 Å². The van der Waals surface area contributed by atoms with Crippen LogP contribution in [0.5, 0.6) is 0 Å². The van der Waals surface area contributed by atoms with E-state index in [0.717, 1.165) is 19.4 Å². The fourth-order valence-electron chi connectivity index (χ4n) is 2.55. The summed E-state index contributed by atoms with van der Waals surface area (Å²) in [6.45, 7) is 3.09. The third kappa shape index (κ3) is 2.39. The van der Waals surface area contributed by atoms with Gasteiger partial charge in [0.1, 0.15) is 5.82 Å². The zero-order valence-electron chi connectivity index (χ0n) is 11.2. The molecule has 0 saturated heterocycles. The maximum Gasteiger partial charge on any atom is 0.108 e. The van der Waals surface area contributed by atoms with Crippen LogP contribution in [-0.4, -0.2) is 9.55 Å². The largest absolute Gasteiger partial charge is 0.330 e. The lowest BCUT2D eigenvalue weighted by Gasteiger charge is -2.10. The van der Waals surface area contributed by atoms with E-state index in [1.54, 1.807) is 0 Å². The Balaban J connectivity index is 1.99. The molecule has 0 aliphatic heterocycles. The van der Waals surface area contributed by atoms with Gasteiger partial charge in [0.15, 0.2) is 0 Å². The first-order chi connectivity index (χ1) is 9.38. The Kier molecular flexibility index (Phi) is 3.32. The molecule has 3 rings (SSSR count). The van der Waals surface area contributed by atoms with Crippen LogP contribution in [0, 0.1) is 0 Å². The van der Waals surface area contributed by atoms with E-state index in [1.165, 1.54) is 22.2 Å². The molecular formula is C17H18N2. The zero-order chi connectivity index (χ0) is 13.1. The van der Waals surface area contributed by atoms with Crippen LogP contribution >= 0.6 is 0 Å². The molecule has 0 N–H and O–H groups in total. The molecular weight excluding hydrogens is 232 g/mol. The highest BCUT2D eigenvalue weighted by atomic mass is 15.1. The third-order valence-corrected chi connectivity index (χ3v) is 3.50. The Morgan fingerprint density at radius 1 is 1.05 bits per heavy atom. The third-order valence-electron chi connectivity index (χ3n) is 3.50. The second-order valence-electron chi connectivity index (χ2n) is 4.86. The molecule has 0 aliphatic rings. The topological polar surface area (TPSA) is 17.8 Å². The maximum absolute atomic E-state index is 4.45. The molecule has 2 aromatic carbocycles. The number of rotatable bonds is 4. The van der Waals surface area contributed by atoms with Gasteiger partial charge in [-0.05, 0) is 22.8 Å². The van der Waals surface area contributed by atoms with Gasteiger partial charge in [0.05, 0.1) is 0 Å². The number of benzene rings is 2. The van der Waals surface area contributed by atoms with Crippen LogP contribution < -0.4 is 0 Å². The van der Waals surface area contributed by atoms with E-state index in [-0.39, 0.29) is 0 Å². The van der Waals surface area contributed by atoms with Crippen LogP contribution in [-0.2, 0) is 13.0 Å². The van der Waals surface area contributed by atoms with Crippen molar-refractivity contribution in [2.75, 3.05) is 0 Å². The normalized spacial score (nSPS) is 11.0. The van der Waals surface area contributed by atoms with Gasteiger partial charge >= 0.3 is 0 Å². The van der Waals surface area contributed by atoms with Crippen LogP contribution in [0.15, 0.2) is 54.9 Å². The number of aromatic nitrogens is 2. The average Bonchev–Trinajstić information content (AvgIpc) is 2.87. The van der Waals surface area contributed by atoms with Crippen LogP contribution in [0.4, 0.5) is 0 Å². The second-order valence-corrected chi connectivity index (χ2v) is 4.86. The van der Waals surface area contributed by atoms with Crippen LogP contribution in [0.3, 0.4) is 0 Å². The first-order valence-corrected chi connectivity index (χ1v) is 6.85. The summed E-state index contributed by atoms with van der Waals surface area (Å²) in [6.07, 6.45) is 6.15. The number of aryl methyl sites for hydroxylation is 1. The summed E-state index contributed by atoms with van der Waals surface area (Å²) < 4.78 is 2.26. The van der Waals surface area contributed by atoms with Gasteiger partial charge in [-0.1, -0.05) is 49.4 Å². The average molecular weight is 250 g/mol.